The van der Waals surface area contributed by atoms with Crippen LogP contribution >= 0.6 is 41.7 Å². The molecule has 46 valence electrons. The van der Waals surface area contributed by atoms with E-state index in [9.17, 15) is 0 Å². The van der Waals surface area contributed by atoms with Gasteiger partial charge in [-0.25, -0.2) is 0 Å². The predicted molar refractivity (Wildman–Crippen MR) is 55.7 cm³/mol. The third kappa shape index (κ3) is 17.9. The van der Waals surface area contributed by atoms with Gasteiger partial charge in [-0.3, -0.25) is 0 Å². The summed E-state index contributed by atoms with van der Waals surface area (Å²) in [5.74, 6) is 0. The third-order valence-electron chi connectivity index (χ3n) is 0.149. The molecule has 0 aliphatic carbocycles. The molecular weight excluding hydrogens is 179 g/mol. The fraction of sp³-hybridized carbons (Fsp3) is 1.00. The molecule has 0 saturated heterocycles. The summed E-state index contributed by atoms with van der Waals surface area (Å²) in [5.41, 5.74) is 0. The Morgan fingerprint density at radius 3 is 1.43 bits per heavy atom. The zero-order valence-electron chi connectivity index (χ0n) is 4.68. The van der Waals surface area contributed by atoms with Crippen LogP contribution in [0.25, 0.3) is 0 Å². The van der Waals surface area contributed by atoms with Crippen molar-refractivity contribution in [2.75, 3.05) is 0 Å². The van der Waals surface area contributed by atoms with Gasteiger partial charge < -0.3 is 0 Å². The average molecular weight is 192 g/mol. The minimum absolute atomic E-state index is 0.226. The molecular formula is C2H13P5. The molecule has 0 rings (SSSR count). The van der Waals surface area contributed by atoms with Gasteiger partial charge in [0.05, 0.1) is 0 Å². The Balaban J connectivity index is 0. The van der Waals surface area contributed by atoms with Gasteiger partial charge in [-0.2, -0.15) is 0 Å². The van der Waals surface area contributed by atoms with E-state index in [4.69, 9.17) is 0 Å². The van der Waals surface area contributed by atoms with Crippen LogP contribution in [0.3, 0.4) is 0 Å². The first kappa shape index (κ1) is 11.9. The Labute approximate surface area is 56.1 Å². The smallest absolute Gasteiger partial charge is 0.0429 e. The summed E-state index contributed by atoms with van der Waals surface area (Å²) in [6, 6.07) is 0. The van der Waals surface area contributed by atoms with Gasteiger partial charge in [0.2, 0.25) is 0 Å². The lowest BCUT2D eigenvalue weighted by Gasteiger charge is -1.92. The van der Waals surface area contributed by atoms with Gasteiger partial charge in [0, 0.05) is 0 Å². The molecule has 5 heteroatoms. The van der Waals surface area contributed by atoms with Crippen molar-refractivity contribution in [2.45, 2.75) is 13.8 Å². The molecule has 0 nitrogen and oxygen atoms in total. The Morgan fingerprint density at radius 1 is 1.29 bits per heavy atom. The minimum Gasteiger partial charge on any atom is -0.109 e. The Kier molecular flexibility index (Phi) is 18.7. The van der Waals surface area contributed by atoms with Crippen LogP contribution in [-0.2, 0) is 0 Å². The van der Waals surface area contributed by atoms with Crippen molar-refractivity contribution in [3.05, 3.63) is 0 Å². The molecule has 0 spiro atoms. The largest absolute Gasteiger partial charge is 0.109 e. The second-order valence-electron chi connectivity index (χ2n) is 0.536. The van der Waals surface area contributed by atoms with Crippen LogP contribution in [-0.4, -0.2) is 0 Å². The molecule has 4 atom stereocenters. The lowest BCUT2D eigenvalue weighted by Crippen LogP contribution is -0.986. The molecule has 0 radical (unpaired) electrons. The quantitative estimate of drug-likeness (QED) is 0.558. The molecule has 0 aliphatic heterocycles. The van der Waals surface area contributed by atoms with Crippen LogP contribution in [0.1, 0.15) is 13.8 Å². The van der Waals surface area contributed by atoms with Crippen LogP contribution in [0.2, 0.25) is 0 Å². The van der Waals surface area contributed by atoms with Crippen LogP contribution in [0.15, 0.2) is 0 Å². The third-order valence-corrected chi connectivity index (χ3v) is 12.1. The van der Waals surface area contributed by atoms with Crippen LogP contribution in [0, 0.1) is 0 Å². The highest BCUT2D eigenvalue weighted by Crippen LogP contribution is 2.71. The first-order valence-electron chi connectivity index (χ1n) is 2.03. The summed E-state index contributed by atoms with van der Waals surface area (Å²) >= 11 is 0. The first-order chi connectivity index (χ1) is 3.27. The highest BCUT2D eigenvalue weighted by atomic mass is 32.8. The Hall–Kier alpha value is 2.15. The maximum absolute atomic E-state index is 2.75. The molecule has 0 amide bonds. The molecule has 0 N–H and O–H groups in total. The van der Waals surface area contributed by atoms with Crippen LogP contribution in [0.4, 0.5) is 0 Å². The molecule has 0 aromatic heterocycles. The van der Waals surface area contributed by atoms with Crippen molar-refractivity contribution in [1.82, 2.24) is 0 Å². The number of hydrogen-bond donors (Lipinski definition) is 0. The minimum atomic E-state index is 0.226. The van der Waals surface area contributed by atoms with Gasteiger partial charge in [-0.1, -0.05) is 21.8 Å². The Morgan fingerprint density at radius 2 is 1.43 bits per heavy atom. The van der Waals surface area contributed by atoms with Crippen LogP contribution < -0.4 is 0 Å². The van der Waals surface area contributed by atoms with E-state index < -0.39 is 0 Å². The van der Waals surface area contributed by atoms with E-state index in [0.29, 0.717) is 0 Å². The molecule has 0 bridgehead atoms. The molecule has 0 aromatic rings. The fourth-order valence-corrected chi connectivity index (χ4v) is 0. The highest BCUT2D eigenvalue weighted by molar-refractivity contribution is 8.77. The highest BCUT2D eigenvalue weighted by Gasteiger charge is 1.78. The van der Waals surface area contributed by atoms with E-state index in [-0.39, 0.29) is 6.99 Å². The molecule has 0 heterocycles. The number of rotatable bonds is 1. The Bertz CT molecular complexity index is 20.0. The monoisotopic (exact) mass is 192 g/mol. The van der Waals surface area contributed by atoms with Gasteiger partial charge in [0.1, 0.15) is 0 Å². The lowest BCUT2D eigenvalue weighted by atomic mass is 11.0. The van der Waals surface area contributed by atoms with Crippen molar-refractivity contribution < 1.29 is 0 Å². The molecule has 4 unspecified atom stereocenters. The van der Waals surface area contributed by atoms with E-state index in [0.717, 1.165) is 7.96 Å². The van der Waals surface area contributed by atoms with Crippen molar-refractivity contribution in [1.29, 1.82) is 0 Å². The van der Waals surface area contributed by atoms with Crippen molar-refractivity contribution in [2.24, 2.45) is 0 Å². The second kappa shape index (κ2) is 11.0. The van der Waals surface area contributed by atoms with E-state index in [1.165, 1.54) is 0 Å². The van der Waals surface area contributed by atoms with Gasteiger partial charge in [0.25, 0.3) is 0 Å². The molecule has 7 heavy (non-hydrogen) atoms. The van der Waals surface area contributed by atoms with E-state index >= 15 is 0 Å². The fourth-order valence-electron chi connectivity index (χ4n) is 0. The first-order valence-corrected chi connectivity index (χ1v) is 10.3. The zero-order valence-corrected chi connectivity index (χ0v) is 10.0. The number of hydrogen-bond acceptors (Lipinski definition) is 0. The summed E-state index contributed by atoms with van der Waals surface area (Å²) in [6.07, 6.45) is 0. The van der Waals surface area contributed by atoms with Crippen molar-refractivity contribution in [3.63, 3.8) is 0 Å². The molecule has 0 aromatic carbocycles. The average Bonchev–Trinajstić information content (AvgIpc) is 1.73. The molecule has 0 saturated carbocycles. The summed E-state index contributed by atoms with van der Waals surface area (Å²) < 4.78 is 0. The van der Waals surface area contributed by atoms with Crippen LogP contribution in [0.5, 0.6) is 0 Å². The summed E-state index contributed by atoms with van der Waals surface area (Å²) in [5, 5.41) is 0. The van der Waals surface area contributed by atoms with Gasteiger partial charge in [-0.05, 0) is 6.99 Å². The standard InChI is InChI=1S/C2H6.H7P5/c1-2;1-4-5(2)3/h1-2H3;4H,1-3H2. The summed E-state index contributed by atoms with van der Waals surface area (Å²) in [4.78, 5) is 0. The summed E-state index contributed by atoms with van der Waals surface area (Å²) in [6.45, 7) is 4.23. The normalized spacial score (nSPS) is 9.43. The maximum atomic E-state index is 2.75. The SMILES string of the molecule is CC.PPP(P)P. The van der Waals surface area contributed by atoms with Gasteiger partial charge in [-0.15, -0.1) is 26.8 Å². The predicted octanol–water partition coefficient (Wildman–Crippen LogP) is 3.46. The van der Waals surface area contributed by atoms with Crippen molar-refractivity contribution >= 4 is 41.7 Å². The van der Waals surface area contributed by atoms with Crippen molar-refractivity contribution in [3.8, 4) is 0 Å². The second-order valence-corrected chi connectivity index (χ2v) is 14.5. The van der Waals surface area contributed by atoms with E-state index in [2.05, 4.69) is 26.8 Å². The maximum Gasteiger partial charge on any atom is -0.0429 e. The van der Waals surface area contributed by atoms with E-state index in [1.807, 2.05) is 13.8 Å². The zero-order chi connectivity index (χ0) is 6.28. The van der Waals surface area contributed by atoms with Gasteiger partial charge >= 0.3 is 0 Å². The summed E-state index contributed by atoms with van der Waals surface area (Å²) in [7, 11) is 9.24. The lowest BCUT2D eigenvalue weighted by molar-refractivity contribution is 1.50. The topological polar surface area (TPSA) is 0 Å². The molecule has 0 aliphatic rings. The van der Waals surface area contributed by atoms with E-state index in [1.54, 1.807) is 0 Å². The van der Waals surface area contributed by atoms with Gasteiger partial charge in [0.15, 0.2) is 0 Å². The molecule has 0 fully saturated rings.